The SMILES string of the molecule is O=C([O-])c1cccc(Cl)n1.[Na+]. The normalized spacial score (nSPS) is 8.45. The van der Waals surface area contributed by atoms with Crippen LogP contribution in [-0.2, 0) is 0 Å². The fourth-order valence-electron chi connectivity index (χ4n) is 0.522. The molecule has 1 heterocycles. The van der Waals surface area contributed by atoms with E-state index in [9.17, 15) is 9.90 Å². The van der Waals surface area contributed by atoms with Gasteiger partial charge in [-0.1, -0.05) is 17.7 Å². The van der Waals surface area contributed by atoms with Crippen molar-refractivity contribution in [2.24, 2.45) is 0 Å². The number of aromatic nitrogens is 1. The molecule has 0 N–H and O–H groups in total. The third kappa shape index (κ3) is 3.20. The molecule has 0 saturated heterocycles. The first kappa shape index (κ1) is 10.9. The van der Waals surface area contributed by atoms with Gasteiger partial charge < -0.3 is 9.90 Å². The first-order chi connectivity index (χ1) is 4.70. The quantitative estimate of drug-likeness (QED) is 0.343. The standard InChI is InChI=1S/C6H4ClNO2.Na/c7-5-3-1-2-4(8-5)6(9)10;/h1-3H,(H,9,10);/q;+1/p-1. The van der Waals surface area contributed by atoms with Crippen molar-refractivity contribution in [3.05, 3.63) is 29.0 Å². The van der Waals surface area contributed by atoms with Crippen LogP contribution in [-0.4, -0.2) is 11.0 Å². The fourth-order valence-corrected chi connectivity index (χ4v) is 0.686. The Morgan fingerprint density at radius 1 is 1.55 bits per heavy atom. The van der Waals surface area contributed by atoms with Crippen LogP contribution in [0.5, 0.6) is 0 Å². The van der Waals surface area contributed by atoms with Gasteiger partial charge in [-0.2, -0.15) is 0 Å². The van der Waals surface area contributed by atoms with Crippen LogP contribution in [0.3, 0.4) is 0 Å². The summed E-state index contributed by atoms with van der Waals surface area (Å²) in [4.78, 5) is 13.6. The van der Waals surface area contributed by atoms with Crippen LogP contribution >= 0.6 is 11.6 Å². The summed E-state index contributed by atoms with van der Waals surface area (Å²) in [6.45, 7) is 0. The van der Waals surface area contributed by atoms with Crippen LogP contribution in [0.2, 0.25) is 5.15 Å². The summed E-state index contributed by atoms with van der Waals surface area (Å²) >= 11 is 5.39. The number of hydrogen-bond acceptors (Lipinski definition) is 3. The van der Waals surface area contributed by atoms with Crippen molar-refractivity contribution < 1.29 is 39.5 Å². The molecule has 11 heavy (non-hydrogen) atoms. The summed E-state index contributed by atoms with van der Waals surface area (Å²) in [5.74, 6) is -1.32. The molecule has 0 saturated carbocycles. The largest absolute Gasteiger partial charge is 1.00 e. The van der Waals surface area contributed by atoms with Crippen molar-refractivity contribution in [2.75, 3.05) is 0 Å². The zero-order valence-electron chi connectivity index (χ0n) is 5.87. The predicted molar refractivity (Wildman–Crippen MR) is 33.6 cm³/mol. The molecule has 1 aromatic rings. The van der Waals surface area contributed by atoms with E-state index >= 15 is 0 Å². The Bertz CT molecular complexity index is 267. The topological polar surface area (TPSA) is 53.0 Å². The van der Waals surface area contributed by atoms with Crippen LogP contribution in [0.15, 0.2) is 18.2 Å². The average Bonchev–Trinajstić information content (AvgIpc) is 1.88. The van der Waals surface area contributed by atoms with Gasteiger partial charge in [0.05, 0.1) is 11.7 Å². The van der Waals surface area contributed by atoms with Crippen LogP contribution < -0.4 is 34.7 Å². The van der Waals surface area contributed by atoms with Gasteiger partial charge >= 0.3 is 29.6 Å². The zero-order chi connectivity index (χ0) is 7.56. The predicted octanol–water partition coefficient (Wildman–Crippen LogP) is -2.90. The average molecular weight is 180 g/mol. The summed E-state index contributed by atoms with van der Waals surface area (Å²) in [6, 6.07) is 4.32. The van der Waals surface area contributed by atoms with E-state index < -0.39 is 5.97 Å². The van der Waals surface area contributed by atoms with Crippen molar-refractivity contribution in [1.82, 2.24) is 4.98 Å². The molecule has 0 radical (unpaired) electrons. The van der Waals surface area contributed by atoms with Gasteiger partial charge in [0.1, 0.15) is 5.15 Å². The number of pyridine rings is 1. The Balaban J connectivity index is 0.000001000. The van der Waals surface area contributed by atoms with Gasteiger partial charge in [0.25, 0.3) is 0 Å². The molecular formula is C6H3ClNNaO2. The third-order valence-electron chi connectivity index (χ3n) is 0.924. The van der Waals surface area contributed by atoms with Crippen molar-refractivity contribution in [1.29, 1.82) is 0 Å². The summed E-state index contributed by atoms with van der Waals surface area (Å²) in [5.41, 5.74) is -0.146. The third-order valence-corrected chi connectivity index (χ3v) is 1.13. The second kappa shape index (κ2) is 4.72. The Morgan fingerprint density at radius 3 is 2.55 bits per heavy atom. The first-order valence-corrected chi connectivity index (χ1v) is 2.92. The maximum absolute atomic E-state index is 10.1. The second-order valence-electron chi connectivity index (χ2n) is 1.63. The van der Waals surface area contributed by atoms with Gasteiger partial charge in [-0.3, -0.25) is 0 Å². The molecule has 0 aliphatic carbocycles. The van der Waals surface area contributed by atoms with Crippen LogP contribution in [0, 0.1) is 0 Å². The number of nitrogens with zero attached hydrogens (tertiary/aromatic N) is 1. The van der Waals surface area contributed by atoms with Crippen LogP contribution in [0.4, 0.5) is 0 Å². The van der Waals surface area contributed by atoms with Crippen molar-refractivity contribution in [3.8, 4) is 0 Å². The second-order valence-corrected chi connectivity index (χ2v) is 2.02. The van der Waals surface area contributed by atoms with Crippen LogP contribution in [0.25, 0.3) is 0 Å². The van der Waals surface area contributed by atoms with Crippen molar-refractivity contribution in [3.63, 3.8) is 0 Å². The van der Waals surface area contributed by atoms with Crippen LogP contribution in [0.1, 0.15) is 10.5 Å². The number of carboxylic acid groups (broad SMARTS) is 1. The molecule has 1 aromatic heterocycles. The molecule has 5 heteroatoms. The number of hydrogen-bond donors (Lipinski definition) is 0. The molecule has 0 bridgehead atoms. The van der Waals surface area contributed by atoms with Gasteiger partial charge in [-0.25, -0.2) is 4.98 Å². The molecule has 0 fully saturated rings. The molecule has 0 unspecified atom stereocenters. The summed E-state index contributed by atoms with van der Waals surface area (Å²) in [6.07, 6.45) is 0. The number of carboxylic acids is 1. The molecule has 1 rings (SSSR count). The number of halogens is 1. The van der Waals surface area contributed by atoms with E-state index in [-0.39, 0.29) is 40.4 Å². The number of aromatic carboxylic acids is 1. The van der Waals surface area contributed by atoms with E-state index in [1.54, 1.807) is 0 Å². The van der Waals surface area contributed by atoms with E-state index in [1.165, 1.54) is 18.2 Å². The van der Waals surface area contributed by atoms with Gasteiger partial charge in [0.15, 0.2) is 0 Å². The summed E-state index contributed by atoms with van der Waals surface area (Å²) < 4.78 is 0. The molecule has 0 atom stereocenters. The van der Waals surface area contributed by atoms with E-state index in [1.807, 2.05) is 0 Å². The zero-order valence-corrected chi connectivity index (χ0v) is 8.63. The molecule has 0 amide bonds. The monoisotopic (exact) mass is 179 g/mol. The van der Waals surface area contributed by atoms with Crippen molar-refractivity contribution in [2.45, 2.75) is 0 Å². The maximum Gasteiger partial charge on any atom is 1.00 e. The minimum absolute atomic E-state index is 0. The van der Waals surface area contributed by atoms with E-state index in [2.05, 4.69) is 4.98 Å². The van der Waals surface area contributed by atoms with Gasteiger partial charge in [-0.15, -0.1) is 0 Å². The molecule has 0 spiro atoms. The number of rotatable bonds is 1. The van der Waals surface area contributed by atoms with Crippen molar-refractivity contribution >= 4 is 17.6 Å². The molecule has 3 nitrogen and oxygen atoms in total. The van der Waals surface area contributed by atoms with Gasteiger partial charge in [0, 0.05) is 0 Å². The Morgan fingerprint density at radius 2 is 2.18 bits per heavy atom. The molecule has 0 aliphatic heterocycles. The Hall–Kier alpha value is -0.0900. The van der Waals surface area contributed by atoms with Gasteiger partial charge in [0.2, 0.25) is 0 Å². The minimum atomic E-state index is -1.32. The number of carbonyl (C=O) groups excluding carboxylic acids is 1. The minimum Gasteiger partial charge on any atom is -0.543 e. The Labute approximate surface area is 90.7 Å². The fraction of sp³-hybridized carbons (Fsp3) is 0. The smallest absolute Gasteiger partial charge is 0.543 e. The summed E-state index contributed by atoms with van der Waals surface area (Å²) in [5, 5.41) is 10.3. The first-order valence-electron chi connectivity index (χ1n) is 2.54. The molecular weight excluding hydrogens is 177 g/mol. The van der Waals surface area contributed by atoms with E-state index in [0.29, 0.717) is 0 Å². The van der Waals surface area contributed by atoms with Gasteiger partial charge in [-0.05, 0) is 12.1 Å². The molecule has 52 valence electrons. The maximum atomic E-state index is 10.1. The Kier molecular flexibility index (Phi) is 4.68. The van der Waals surface area contributed by atoms with E-state index in [4.69, 9.17) is 11.6 Å². The summed E-state index contributed by atoms with van der Waals surface area (Å²) in [7, 11) is 0. The number of carbonyl (C=O) groups is 1. The molecule has 0 aliphatic rings. The molecule has 0 aromatic carbocycles. The van der Waals surface area contributed by atoms with E-state index in [0.717, 1.165) is 0 Å².